The second kappa shape index (κ2) is 9.25. The van der Waals surface area contributed by atoms with Crippen molar-refractivity contribution in [3.05, 3.63) is 29.8 Å². The van der Waals surface area contributed by atoms with Gasteiger partial charge in [0.2, 0.25) is 0 Å². The summed E-state index contributed by atoms with van der Waals surface area (Å²) in [6, 6.07) is 8.01. The van der Waals surface area contributed by atoms with Gasteiger partial charge in [-0.15, -0.1) is 0 Å². The average molecular weight is 269 g/mol. The van der Waals surface area contributed by atoms with E-state index < -0.39 is 0 Å². The number of para-hydroxylation sites is 1. The summed E-state index contributed by atoms with van der Waals surface area (Å²) < 4.78 is 10.7. The Hall–Kier alpha value is -0.710. The zero-order chi connectivity index (χ0) is 13.2. The number of hydrogen-bond acceptors (Lipinski definition) is 4. The number of ether oxygens (including phenoxy) is 2. The van der Waals surface area contributed by atoms with Crippen molar-refractivity contribution in [2.24, 2.45) is 5.73 Å². The molecular weight excluding hydrogens is 246 g/mol. The van der Waals surface area contributed by atoms with Crippen LogP contribution in [-0.4, -0.2) is 31.8 Å². The lowest BCUT2D eigenvalue weighted by Crippen LogP contribution is -2.15. The molecule has 0 aliphatic rings. The monoisotopic (exact) mass is 269 g/mol. The first-order valence-electron chi connectivity index (χ1n) is 6.33. The highest BCUT2D eigenvalue weighted by Crippen LogP contribution is 2.26. The third-order valence-corrected chi connectivity index (χ3v) is 3.80. The molecule has 1 unspecified atom stereocenters. The molecule has 0 aromatic heterocycles. The number of rotatable bonds is 9. The molecule has 0 aliphatic carbocycles. The molecule has 0 heterocycles. The maximum Gasteiger partial charge on any atom is 0.124 e. The fourth-order valence-electron chi connectivity index (χ4n) is 1.60. The van der Waals surface area contributed by atoms with Crippen LogP contribution in [0.15, 0.2) is 24.3 Å². The number of methoxy groups -OCH3 is 1. The molecule has 0 bridgehead atoms. The van der Waals surface area contributed by atoms with Crippen LogP contribution in [0.2, 0.25) is 0 Å². The van der Waals surface area contributed by atoms with Crippen LogP contribution in [0.3, 0.4) is 0 Å². The molecule has 0 spiro atoms. The highest BCUT2D eigenvalue weighted by molar-refractivity contribution is 7.99. The zero-order valence-electron chi connectivity index (χ0n) is 11.2. The van der Waals surface area contributed by atoms with E-state index >= 15 is 0 Å². The van der Waals surface area contributed by atoms with Crippen molar-refractivity contribution in [2.75, 3.05) is 31.8 Å². The molecule has 2 N–H and O–H groups in total. The maximum absolute atomic E-state index is 6.21. The van der Waals surface area contributed by atoms with E-state index in [0.717, 1.165) is 22.8 Å². The molecule has 4 heteroatoms. The summed E-state index contributed by atoms with van der Waals surface area (Å²) in [5.41, 5.74) is 7.29. The van der Waals surface area contributed by atoms with Gasteiger partial charge in [0.1, 0.15) is 12.4 Å². The Morgan fingerprint density at radius 2 is 2.06 bits per heavy atom. The van der Waals surface area contributed by atoms with E-state index in [2.05, 4.69) is 6.92 Å². The Kier molecular flexibility index (Phi) is 7.89. The maximum atomic E-state index is 6.21. The smallest absolute Gasteiger partial charge is 0.124 e. The first kappa shape index (κ1) is 15.3. The lowest BCUT2D eigenvalue weighted by Gasteiger charge is -2.16. The molecule has 1 aromatic rings. The Bertz CT molecular complexity index is 333. The van der Waals surface area contributed by atoms with Crippen LogP contribution in [-0.2, 0) is 4.74 Å². The Labute approximate surface area is 114 Å². The number of hydrogen-bond donors (Lipinski definition) is 1. The predicted octanol–water partition coefficient (Wildman–Crippen LogP) is 2.85. The predicted molar refractivity (Wildman–Crippen MR) is 78.4 cm³/mol. The Morgan fingerprint density at radius 1 is 1.28 bits per heavy atom. The summed E-state index contributed by atoms with van der Waals surface area (Å²) in [7, 11) is 1.67. The van der Waals surface area contributed by atoms with Crippen LogP contribution >= 0.6 is 11.8 Å². The van der Waals surface area contributed by atoms with E-state index in [9.17, 15) is 0 Å². The van der Waals surface area contributed by atoms with Gasteiger partial charge in [-0.3, -0.25) is 0 Å². The van der Waals surface area contributed by atoms with E-state index in [1.807, 2.05) is 36.0 Å². The van der Waals surface area contributed by atoms with E-state index in [-0.39, 0.29) is 6.04 Å². The molecule has 0 aliphatic heterocycles. The lowest BCUT2D eigenvalue weighted by molar-refractivity contribution is 0.145. The topological polar surface area (TPSA) is 44.5 Å². The molecule has 0 saturated heterocycles. The van der Waals surface area contributed by atoms with Crippen LogP contribution < -0.4 is 10.5 Å². The minimum atomic E-state index is 0.0281. The summed E-state index contributed by atoms with van der Waals surface area (Å²) in [5.74, 6) is 2.96. The second-order valence-corrected chi connectivity index (χ2v) is 5.21. The number of nitrogens with two attached hydrogens (primary N) is 1. The van der Waals surface area contributed by atoms with Crippen molar-refractivity contribution in [2.45, 2.75) is 19.4 Å². The van der Waals surface area contributed by atoms with Crippen LogP contribution in [0.5, 0.6) is 5.75 Å². The van der Waals surface area contributed by atoms with E-state index in [1.165, 1.54) is 6.42 Å². The van der Waals surface area contributed by atoms with Gasteiger partial charge in [-0.05, 0) is 18.2 Å². The molecular formula is C14H23NO2S. The van der Waals surface area contributed by atoms with E-state index in [1.54, 1.807) is 7.11 Å². The van der Waals surface area contributed by atoms with Gasteiger partial charge in [0, 0.05) is 24.5 Å². The van der Waals surface area contributed by atoms with Crippen molar-refractivity contribution in [3.8, 4) is 5.75 Å². The largest absolute Gasteiger partial charge is 0.491 e. The summed E-state index contributed by atoms with van der Waals surface area (Å²) in [6.07, 6.45) is 1.18. The quantitative estimate of drug-likeness (QED) is 0.700. The van der Waals surface area contributed by atoms with Gasteiger partial charge in [0.25, 0.3) is 0 Å². The number of thioether (sulfide) groups is 1. The highest BCUT2D eigenvalue weighted by atomic mass is 32.2. The van der Waals surface area contributed by atoms with Gasteiger partial charge in [-0.25, -0.2) is 0 Å². The molecule has 1 aromatic carbocycles. The minimum Gasteiger partial charge on any atom is -0.491 e. The number of benzene rings is 1. The molecule has 102 valence electrons. The van der Waals surface area contributed by atoms with E-state index in [4.69, 9.17) is 15.2 Å². The second-order valence-electron chi connectivity index (χ2n) is 4.06. The fourth-order valence-corrected chi connectivity index (χ4v) is 2.49. The minimum absolute atomic E-state index is 0.0281. The third-order valence-electron chi connectivity index (χ3n) is 2.51. The molecule has 0 saturated carbocycles. The van der Waals surface area contributed by atoms with Crippen molar-refractivity contribution in [3.63, 3.8) is 0 Å². The molecule has 0 amide bonds. The Balaban J connectivity index is 2.56. The summed E-state index contributed by atoms with van der Waals surface area (Å²) in [4.78, 5) is 0. The van der Waals surface area contributed by atoms with Gasteiger partial charge < -0.3 is 15.2 Å². The van der Waals surface area contributed by atoms with Gasteiger partial charge in [0.15, 0.2) is 0 Å². The summed E-state index contributed by atoms with van der Waals surface area (Å²) in [6.45, 7) is 3.33. The summed E-state index contributed by atoms with van der Waals surface area (Å²) in [5, 5.41) is 0. The van der Waals surface area contributed by atoms with Gasteiger partial charge in [-0.2, -0.15) is 11.8 Å². The fraction of sp³-hybridized carbons (Fsp3) is 0.571. The van der Waals surface area contributed by atoms with Crippen LogP contribution in [0.1, 0.15) is 24.9 Å². The molecule has 1 atom stereocenters. The average Bonchev–Trinajstić information content (AvgIpc) is 2.40. The standard InChI is InChI=1S/C14H23NO2S/c1-3-10-18-11-13(15)12-6-4-5-7-14(12)17-9-8-16-2/h4-7,13H,3,8-11,15H2,1-2H3. The first-order chi connectivity index (χ1) is 8.79. The van der Waals surface area contributed by atoms with Gasteiger partial charge >= 0.3 is 0 Å². The van der Waals surface area contributed by atoms with Crippen molar-refractivity contribution >= 4 is 11.8 Å². The van der Waals surface area contributed by atoms with Crippen molar-refractivity contribution < 1.29 is 9.47 Å². The zero-order valence-corrected chi connectivity index (χ0v) is 12.0. The SMILES string of the molecule is CCCSCC(N)c1ccccc1OCCOC. The normalized spacial score (nSPS) is 12.4. The van der Waals surface area contributed by atoms with Crippen LogP contribution in [0.4, 0.5) is 0 Å². The molecule has 0 radical (unpaired) electrons. The van der Waals surface area contributed by atoms with Crippen LogP contribution in [0.25, 0.3) is 0 Å². The van der Waals surface area contributed by atoms with Gasteiger partial charge in [0.05, 0.1) is 6.61 Å². The molecule has 0 fully saturated rings. The Morgan fingerprint density at radius 3 is 2.78 bits per heavy atom. The van der Waals surface area contributed by atoms with Crippen LogP contribution in [0, 0.1) is 0 Å². The molecule has 1 rings (SSSR count). The molecule has 18 heavy (non-hydrogen) atoms. The third kappa shape index (κ3) is 5.29. The van der Waals surface area contributed by atoms with Crippen molar-refractivity contribution in [1.29, 1.82) is 0 Å². The van der Waals surface area contributed by atoms with E-state index in [0.29, 0.717) is 13.2 Å². The first-order valence-corrected chi connectivity index (χ1v) is 7.49. The highest BCUT2D eigenvalue weighted by Gasteiger charge is 2.11. The van der Waals surface area contributed by atoms with Gasteiger partial charge in [-0.1, -0.05) is 25.1 Å². The molecule has 3 nitrogen and oxygen atoms in total. The lowest BCUT2D eigenvalue weighted by atomic mass is 10.1. The summed E-state index contributed by atoms with van der Waals surface area (Å²) >= 11 is 1.89. The van der Waals surface area contributed by atoms with Crippen molar-refractivity contribution in [1.82, 2.24) is 0 Å².